The number of hydrogen-bond acceptors (Lipinski definition) is 5. The van der Waals surface area contributed by atoms with Crippen molar-refractivity contribution in [3.05, 3.63) is 52.4 Å². The van der Waals surface area contributed by atoms with Crippen LogP contribution < -0.4 is 30.4 Å². The number of benzene rings is 1. The van der Waals surface area contributed by atoms with Gasteiger partial charge in [-0.3, -0.25) is 9.79 Å². The quantitative estimate of drug-likeness (QED) is 0.359. The number of pyridine rings is 1. The molecule has 0 bridgehead atoms. The second kappa shape index (κ2) is 11.6. The highest BCUT2D eigenvalue weighted by Gasteiger charge is 2.13. The van der Waals surface area contributed by atoms with Crippen LogP contribution in [0.5, 0.6) is 17.2 Å². The first-order valence-corrected chi connectivity index (χ1v) is 9.51. The predicted molar refractivity (Wildman–Crippen MR) is 114 cm³/mol. The van der Waals surface area contributed by atoms with Crippen LogP contribution in [0, 0.1) is 0 Å². The minimum Gasteiger partial charge on any atom is -0.493 e. The first kappa shape index (κ1) is 22.1. The fourth-order valence-corrected chi connectivity index (χ4v) is 2.90. The van der Waals surface area contributed by atoms with Crippen LogP contribution >= 0.6 is 0 Å². The second-order valence-electron chi connectivity index (χ2n) is 6.33. The van der Waals surface area contributed by atoms with E-state index in [0.29, 0.717) is 36.3 Å². The van der Waals surface area contributed by atoms with E-state index < -0.39 is 0 Å². The van der Waals surface area contributed by atoms with Gasteiger partial charge in [-0.05, 0) is 36.6 Å². The molecule has 1 heterocycles. The van der Waals surface area contributed by atoms with Gasteiger partial charge in [-0.1, -0.05) is 6.07 Å². The first-order chi connectivity index (χ1) is 14.1. The third kappa shape index (κ3) is 6.44. The van der Waals surface area contributed by atoms with Crippen molar-refractivity contribution in [1.29, 1.82) is 0 Å². The van der Waals surface area contributed by atoms with E-state index in [9.17, 15) is 4.79 Å². The molecule has 0 unspecified atom stereocenters. The Morgan fingerprint density at radius 1 is 1.03 bits per heavy atom. The molecule has 1 aromatic heterocycles. The van der Waals surface area contributed by atoms with E-state index in [1.165, 1.54) is 0 Å². The number of nitrogens with one attached hydrogen (secondary N) is 2. The zero-order chi connectivity index (χ0) is 21.1. The number of nitrogens with zero attached hydrogens (tertiary/aromatic N) is 2. The van der Waals surface area contributed by atoms with Crippen LogP contribution in [-0.4, -0.2) is 45.4 Å². The van der Waals surface area contributed by atoms with Crippen LogP contribution in [-0.2, 0) is 13.1 Å². The van der Waals surface area contributed by atoms with Crippen molar-refractivity contribution in [2.45, 2.75) is 25.9 Å². The smallest absolute Gasteiger partial charge is 0.250 e. The maximum atomic E-state index is 11.7. The Hall–Kier alpha value is -3.16. The predicted octanol–water partition coefficient (Wildman–Crippen LogP) is 2.02. The number of aryl methyl sites for hydroxylation is 1. The highest BCUT2D eigenvalue weighted by Crippen LogP contribution is 2.38. The summed E-state index contributed by atoms with van der Waals surface area (Å²) in [5.41, 5.74) is 1.01. The van der Waals surface area contributed by atoms with Gasteiger partial charge >= 0.3 is 0 Å². The molecule has 2 aromatic rings. The van der Waals surface area contributed by atoms with Crippen LogP contribution in [0.4, 0.5) is 0 Å². The molecule has 0 radical (unpaired) electrons. The fourth-order valence-electron chi connectivity index (χ4n) is 2.90. The van der Waals surface area contributed by atoms with Gasteiger partial charge < -0.3 is 29.4 Å². The maximum Gasteiger partial charge on any atom is 0.250 e. The zero-order valence-electron chi connectivity index (χ0n) is 17.5. The van der Waals surface area contributed by atoms with E-state index in [1.54, 1.807) is 45.1 Å². The van der Waals surface area contributed by atoms with Gasteiger partial charge in [0.15, 0.2) is 17.5 Å². The van der Waals surface area contributed by atoms with Crippen molar-refractivity contribution in [2.24, 2.45) is 4.99 Å². The van der Waals surface area contributed by atoms with Crippen molar-refractivity contribution >= 4 is 5.96 Å². The molecule has 0 spiro atoms. The molecule has 1 aromatic carbocycles. The van der Waals surface area contributed by atoms with Crippen molar-refractivity contribution in [2.75, 3.05) is 34.9 Å². The molecule has 0 fully saturated rings. The Labute approximate surface area is 171 Å². The normalized spacial score (nSPS) is 11.1. The average Bonchev–Trinajstić information content (AvgIpc) is 2.75. The highest BCUT2D eigenvalue weighted by atomic mass is 16.5. The monoisotopic (exact) mass is 402 g/mol. The molecule has 0 aliphatic heterocycles. The van der Waals surface area contributed by atoms with Gasteiger partial charge in [0.05, 0.1) is 21.3 Å². The topological polar surface area (TPSA) is 86.1 Å². The van der Waals surface area contributed by atoms with E-state index in [-0.39, 0.29) is 5.56 Å². The van der Waals surface area contributed by atoms with Gasteiger partial charge in [-0.2, -0.15) is 0 Å². The zero-order valence-corrected chi connectivity index (χ0v) is 17.5. The van der Waals surface area contributed by atoms with E-state index in [2.05, 4.69) is 15.6 Å². The minimum atomic E-state index is 0.0308. The van der Waals surface area contributed by atoms with E-state index in [1.807, 2.05) is 24.4 Å². The van der Waals surface area contributed by atoms with Crippen LogP contribution in [0.2, 0.25) is 0 Å². The summed E-state index contributed by atoms with van der Waals surface area (Å²) in [7, 11) is 6.50. The number of methoxy groups -OCH3 is 3. The lowest BCUT2D eigenvalue weighted by Crippen LogP contribution is -2.37. The summed E-state index contributed by atoms with van der Waals surface area (Å²) < 4.78 is 17.8. The summed E-state index contributed by atoms with van der Waals surface area (Å²) >= 11 is 0. The first-order valence-electron chi connectivity index (χ1n) is 9.51. The third-order valence-corrected chi connectivity index (χ3v) is 4.43. The molecule has 8 heteroatoms. The molecule has 0 aliphatic rings. The summed E-state index contributed by atoms with van der Waals surface area (Å²) in [6.45, 7) is 2.02. The van der Waals surface area contributed by atoms with Gasteiger partial charge in [0.25, 0.3) is 0 Å². The van der Waals surface area contributed by atoms with E-state index in [4.69, 9.17) is 14.2 Å². The molecular weight excluding hydrogens is 372 g/mol. The average molecular weight is 402 g/mol. The summed E-state index contributed by atoms with van der Waals surface area (Å²) in [4.78, 5) is 15.9. The Balaban J connectivity index is 1.81. The van der Waals surface area contributed by atoms with Gasteiger partial charge in [0.1, 0.15) is 0 Å². The molecule has 0 saturated carbocycles. The molecule has 0 atom stereocenters. The number of hydrogen-bond donors (Lipinski definition) is 2. The lowest BCUT2D eigenvalue weighted by Gasteiger charge is -2.16. The lowest BCUT2D eigenvalue weighted by molar-refractivity contribution is 0.323. The molecular formula is C21H30N4O4. The standard InChI is InChI=1S/C21H30N4O4/c1-22-21(23-10-6-8-12-25-11-7-5-9-19(25)26)24-15-16-13-17(27-2)20(29-4)18(14-16)28-3/h5,7,9,11,13-14H,6,8,10,12,15H2,1-4H3,(H2,22,23,24). The highest BCUT2D eigenvalue weighted by molar-refractivity contribution is 5.79. The molecule has 29 heavy (non-hydrogen) atoms. The van der Waals surface area contributed by atoms with Gasteiger partial charge in [-0.25, -0.2) is 0 Å². The summed E-state index contributed by atoms with van der Waals surface area (Å²) in [5.74, 6) is 2.50. The van der Waals surface area contributed by atoms with Gasteiger partial charge in [0.2, 0.25) is 11.3 Å². The fraction of sp³-hybridized carbons (Fsp3) is 0.429. The van der Waals surface area contributed by atoms with Crippen LogP contribution in [0.25, 0.3) is 0 Å². The van der Waals surface area contributed by atoms with Crippen LogP contribution in [0.1, 0.15) is 18.4 Å². The maximum absolute atomic E-state index is 11.7. The minimum absolute atomic E-state index is 0.0308. The Kier molecular flexibility index (Phi) is 8.88. The van der Waals surface area contributed by atoms with Crippen molar-refractivity contribution in [3.8, 4) is 17.2 Å². The number of unbranched alkanes of at least 4 members (excludes halogenated alkanes) is 1. The Bertz CT molecular complexity index is 839. The molecule has 8 nitrogen and oxygen atoms in total. The number of aliphatic imine (C=N–C) groups is 1. The molecule has 0 saturated heterocycles. The molecule has 158 valence electrons. The van der Waals surface area contributed by atoms with Gasteiger partial charge in [-0.15, -0.1) is 0 Å². The third-order valence-electron chi connectivity index (χ3n) is 4.43. The van der Waals surface area contributed by atoms with Gasteiger partial charge in [0, 0.05) is 38.9 Å². The summed E-state index contributed by atoms with van der Waals surface area (Å²) in [5, 5.41) is 6.56. The molecule has 2 rings (SSSR count). The largest absolute Gasteiger partial charge is 0.493 e. The second-order valence-corrected chi connectivity index (χ2v) is 6.33. The number of guanidine groups is 1. The molecule has 0 amide bonds. The number of aromatic nitrogens is 1. The van der Waals surface area contributed by atoms with E-state index in [0.717, 1.165) is 24.9 Å². The van der Waals surface area contributed by atoms with E-state index >= 15 is 0 Å². The van der Waals surface area contributed by atoms with Crippen LogP contribution in [0.15, 0.2) is 46.3 Å². The molecule has 0 aliphatic carbocycles. The Morgan fingerprint density at radius 3 is 2.34 bits per heavy atom. The number of rotatable bonds is 10. The Morgan fingerprint density at radius 2 is 1.76 bits per heavy atom. The lowest BCUT2D eigenvalue weighted by atomic mass is 10.2. The molecule has 2 N–H and O–H groups in total. The number of ether oxygens (including phenoxy) is 3. The van der Waals surface area contributed by atoms with Crippen LogP contribution in [0.3, 0.4) is 0 Å². The SMILES string of the molecule is CN=C(NCCCCn1ccccc1=O)NCc1cc(OC)c(OC)c(OC)c1. The van der Waals surface area contributed by atoms with Crippen molar-refractivity contribution in [1.82, 2.24) is 15.2 Å². The van der Waals surface area contributed by atoms with Crippen molar-refractivity contribution in [3.63, 3.8) is 0 Å². The summed E-state index contributed by atoms with van der Waals surface area (Å²) in [6.07, 6.45) is 3.64. The van der Waals surface area contributed by atoms with Crippen molar-refractivity contribution < 1.29 is 14.2 Å². The summed E-state index contributed by atoms with van der Waals surface area (Å²) in [6, 6.07) is 9.00.